The number of nitrogens with one attached hydrogen (secondary N) is 1. The molecule has 0 saturated carbocycles. The Bertz CT molecular complexity index is 417. The number of benzene rings is 1. The molecule has 0 bridgehead atoms. The van der Waals surface area contributed by atoms with Crippen LogP contribution in [0.3, 0.4) is 0 Å². The normalized spacial score (nSPS) is 8.95. The van der Waals surface area contributed by atoms with E-state index in [0.717, 1.165) is 18.3 Å². The molecule has 3 nitrogen and oxygen atoms in total. The average molecular weight is 314 g/mol. The molecule has 1 amide bonds. The summed E-state index contributed by atoms with van der Waals surface area (Å²) in [6, 6.07) is 5.67. The Labute approximate surface area is 134 Å². The van der Waals surface area contributed by atoms with Gasteiger partial charge < -0.3 is 10.1 Å². The quantitative estimate of drug-likeness (QED) is 0.822. The standard InChI is InChI=1S/C12H16ClNO.C3H6O.C2H6/c1-4-9-6-5-7-10(13)11(9)12(15)14-8(2)3;1-2-3-4;1-2/h5-8H,4H2,1-3H3,(H,14,15);3H,2H2,1H3;1-2H3. The maximum absolute atomic E-state index is 11.9. The summed E-state index contributed by atoms with van der Waals surface area (Å²) in [6.45, 7) is 11.7. The number of carbonyl (C=O) groups excluding carboxylic acids is 2. The van der Waals surface area contributed by atoms with Crippen molar-refractivity contribution in [2.45, 2.75) is 60.4 Å². The van der Waals surface area contributed by atoms with Crippen molar-refractivity contribution < 1.29 is 9.59 Å². The Morgan fingerprint density at radius 1 is 1.29 bits per heavy atom. The molecule has 0 heterocycles. The zero-order chi connectivity index (χ0) is 16.8. The van der Waals surface area contributed by atoms with E-state index in [0.29, 0.717) is 17.0 Å². The SMILES string of the molecule is CC.CCC=O.CCc1cccc(Cl)c1C(=O)NC(C)C. The van der Waals surface area contributed by atoms with Gasteiger partial charge in [-0.1, -0.05) is 51.4 Å². The van der Waals surface area contributed by atoms with Crippen LogP contribution < -0.4 is 5.32 Å². The number of hydrogen-bond donors (Lipinski definition) is 1. The van der Waals surface area contributed by atoms with Crippen molar-refractivity contribution in [3.63, 3.8) is 0 Å². The first-order chi connectivity index (χ1) is 9.97. The third kappa shape index (κ3) is 9.24. The van der Waals surface area contributed by atoms with Crippen molar-refractivity contribution in [3.8, 4) is 0 Å². The summed E-state index contributed by atoms with van der Waals surface area (Å²) >= 11 is 6.03. The van der Waals surface area contributed by atoms with Gasteiger partial charge in [-0.25, -0.2) is 0 Å². The highest BCUT2D eigenvalue weighted by molar-refractivity contribution is 6.34. The van der Waals surface area contributed by atoms with Crippen LogP contribution >= 0.6 is 11.6 Å². The number of aldehydes is 1. The first-order valence-electron chi connectivity index (χ1n) is 7.49. The van der Waals surface area contributed by atoms with E-state index in [1.165, 1.54) is 0 Å². The third-order valence-corrected chi connectivity index (χ3v) is 2.61. The highest BCUT2D eigenvalue weighted by Crippen LogP contribution is 2.20. The van der Waals surface area contributed by atoms with Crippen molar-refractivity contribution in [3.05, 3.63) is 34.3 Å². The second-order valence-corrected chi connectivity index (χ2v) is 4.74. The lowest BCUT2D eigenvalue weighted by Gasteiger charge is -2.12. The summed E-state index contributed by atoms with van der Waals surface area (Å²) < 4.78 is 0. The van der Waals surface area contributed by atoms with Gasteiger partial charge in [-0.2, -0.15) is 0 Å². The molecule has 0 spiro atoms. The van der Waals surface area contributed by atoms with Crippen molar-refractivity contribution in [2.24, 2.45) is 0 Å². The predicted molar refractivity (Wildman–Crippen MR) is 91.1 cm³/mol. The van der Waals surface area contributed by atoms with Crippen molar-refractivity contribution >= 4 is 23.8 Å². The Hall–Kier alpha value is -1.35. The molecular formula is C17H28ClNO2. The smallest absolute Gasteiger partial charge is 0.253 e. The molecule has 1 N–H and O–H groups in total. The molecule has 0 aliphatic heterocycles. The van der Waals surface area contributed by atoms with E-state index in [1.54, 1.807) is 6.07 Å². The van der Waals surface area contributed by atoms with Gasteiger partial charge in [0.1, 0.15) is 6.29 Å². The fourth-order valence-electron chi connectivity index (χ4n) is 1.45. The fraction of sp³-hybridized carbons (Fsp3) is 0.529. The highest BCUT2D eigenvalue weighted by atomic mass is 35.5. The summed E-state index contributed by atoms with van der Waals surface area (Å²) in [4.78, 5) is 21.0. The van der Waals surface area contributed by atoms with E-state index in [1.807, 2.05) is 53.7 Å². The summed E-state index contributed by atoms with van der Waals surface area (Å²) in [5.74, 6) is -0.0903. The van der Waals surface area contributed by atoms with E-state index in [-0.39, 0.29) is 11.9 Å². The molecule has 0 radical (unpaired) electrons. The largest absolute Gasteiger partial charge is 0.350 e. The lowest BCUT2D eigenvalue weighted by Crippen LogP contribution is -2.31. The van der Waals surface area contributed by atoms with Crippen LogP contribution in [0.5, 0.6) is 0 Å². The van der Waals surface area contributed by atoms with Crippen LogP contribution in [0.4, 0.5) is 0 Å². The van der Waals surface area contributed by atoms with Gasteiger partial charge in [-0.15, -0.1) is 0 Å². The second kappa shape index (κ2) is 13.6. The minimum atomic E-state index is -0.0903. The van der Waals surface area contributed by atoms with Crippen LogP contribution in [0.2, 0.25) is 5.02 Å². The first kappa shape index (κ1) is 21.9. The Kier molecular flexibility index (Phi) is 14.2. The van der Waals surface area contributed by atoms with E-state index < -0.39 is 0 Å². The minimum Gasteiger partial charge on any atom is -0.350 e. The van der Waals surface area contributed by atoms with Crippen LogP contribution in [0.15, 0.2) is 18.2 Å². The summed E-state index contributed by atoms with van der Waals surface area (Å²) in [6.07, 6.45) is 2.32. The summed E-state index contributed by atoms with van der Waals surface area (Å²) in [5, 5.41) is 3.37. The molecule has 0 aromatic heterocycles. The molecule has 4 heteroatoms. The Morgan fingerprint density at radius 3 is 2.19 bits per heavy atom. The highest BCUT2D eigenvalue weighted by Gasteiger charge is 2.14. The number of amides is 1. The number of carbonyl (C=O) groups is 2. The van der Waals surface area contributed by atoms with Crippen LogP contribution in [0, 0.1) is 0 Å². The summed E-state index contributed by atoms with van der Waals surface area (Å²) in [7, 11) is 0. The van der Waals surface area contributed by atoms with Crippen molar-refractivity contribution in [2.75, 3.05) is 0 Å². The number of aryl methyl sites for hydroxylation is 1. The number of rotatable bonds is 4. The molecule has 0 aliphatic carbocycles. The van der Waals surface area contributed by atoms with Gasteiger partial charge in [0, 0.05) is 12.5 Å². The molecule has 120 valence electrons. The van der Waals surface area contributed by atoms with Crippen molar-refractivity contribution in [1.29, 1.82) is 0 Å². The minimum absolute atomic E-state index is 0.0903. The molecule has 0 fully saturated rings. The molecule has 21 heavy (non-hydrogen) atoms. The molecule has 1 aromatic carbocycles. The zero-order valence-electron chi connectivity index (χ0n) is 14.0. The summed E-state index contributed by atoms with van der Waals surface area (Å²) in [5.41, 5.74) is 1.59. The van der Waals surface area contributed by atoms with Gasteiger partial charge in [-0.3, -0.25) is 4.79 Å². The number of halogens is 1. The zero-order valence-corrected chi connectivity index (χ0v) is 14.8. The molecular weight excluding hydrogens is 286 g/mol. The molecule has 1 aromatic rings. The van der Waals surface area contributed by atoms with E-state index in [4.69, 9.17) is 11.6 Å². The average Bonchev–Trinajstić information content (AvgIpc) is 2.48. The lowest BCUT2D eigenvalue weighted by atomic mass is 10.0. The molecule has 1 rings (SSSR count). The van der Waals surface area contributed by atoms with Crippen LogP contribution in [0.25, 0.3) is 0 Å². The van der Waals surface area contributed by atoms with Gasteiger partial charge in [0.25, 0.3) is 5.91 Å². The first-order valence-corrected chi connectivity index (χ1v) is 7.87. The van der Waals surface area contributed by atoms with Crippen LogP contribution in [-0.4, -0.2) is 18.2 Å². The fourth-order valence-corrected chi connectivity index (χ4v) is 1.73. The third-order valence-electron chi connectivity index (χ3n) is 2.29. The molecule has 0 aliphatic rings. The van der Waals surface area contributed by atoms with E-state index in [9.17, 15) is 9.59 Å². The van der Waals surface area contributed by atoms with Gasteiger partial charge in [0.2, 0.25) is 0 Å². The maximum atomic E-state index is 11.9. The van der Waals surface area contributed by atoms with Gasteiger partial charge >= 0.3 is 0 Å². The Morgan fingerprint density at radius 2 is 1.81 bits per heavy atom. The van der Waals surface area contributed by atoms with Gasteiger partial charge in [-0.05, 0) is 31.9 Å². The maximum Gasteiger partial charge on any atom is 0.253 e. The Balaban J connectivity index is 0. The van der Waals surface area contributed by atoms with Gasteiger partial charge in [0.15, 0.2) is 0 Å². The van der Waals surface area contributed by atoms with Gasteiger partial charge in [0.05, 0.1) is 10.6 Å². The topological polar surface area (TPSA) is 46.2 Å². The van der Waals surface area contributed by atoms with E-state index in [2.05, 4.69) is 5.32 Å². The van der Waals surface area contributed by atoms with E-state index >= 15 is 0 Å². The predicted octanol–water partition coefficient (Wildman–Crippen LogP) is 4.66. The second-order valence-electron chi connectivity index (χ2n) is 4.33. The molecule has 0 atom stereocenters. The number of hydrogen-bond acceptors (Lipinski definition) is 2. The van der Waals surface area contributed by atoms with Crippen LogP contribution in [0.1, 0.15) is 63.9 Å². The van der Waals surface area contributed by atoms with Crippen molar-refractivity contribution in [1.82, 2.24) is 5.32 Å². The molecule has 0 saturated heterocycles. The monoisotopic (exact) mass is 313 g/mol. The molecule has 0 unspecified atom stereocenters. The lowest BCUT2D eigenvalue weighted by molar-refractivity contribution is -0.107. The van der Waals surface area contributed by atoms with Crippen LogP contribution in [-0.2, 0) is 11.2 Å².